The van der Waals surface area contributed by atoms with E-state index in [1.807, 2.05) is 36.4 Å². The van der Waals surface area contributed by atoms with Crippen molar-refractivity contribution in [3.8, 4) is 17.2 Å². The van der Waals surface area contributed by atoms with Crippen LogP contribution >= 0.6 is 11.3 Å². The minimum Gasteiger partial charge on any atom is -0.503 e. The first-order valence-corrected chi connectivity index (χ1v) is 14.1. The molecule has 0 saturated carbocycles. The zero-order valence-corrected chi connectivity index (χ0v) is 23.8. The summed E-state index contributed by atoms with van der Waals surface area (Å²) in [5.74, 6) is -0.146. The van der Waals surface area contributed by atoms with Crippen molar-refractivity contribution in [2.45, 2.75) is 25.8 Å². The standard InChI is InChI=1S/C32H30N2O6S/c1-4-5-17-40-25-16-12-21(18-26(25)39-3)29-28(24(35)15-11-20-9-7-6-8-10-20)30(36)31(37)34(29)32-33-23-14-13-22(38-2)19-27(23)41-32/h6-16,18-19,29,36H,4-5,17H2,1-3H3. The fourth-order valence-corrected chi connectivity index (χ4v) is 5.64. The normalized spacial score (nSPS) is 15.2. The molecule has 3 aromatic carbocycles. The maximum absolute atomic E-state index is 13.6. The van der Waals surface area contributed by atoms with Crippen LogP contribution in [0.5, 0.6) is 17.2 Å². The molecule has 1 amide bonds. The van der Waals surface area contributed by atoms with Crippen molar-refractivity contribution in [2.24, 2.45) is 0 Å². The second-order valence-electron chi connectivity index (χ2n) is 9.39. The Bertz CT molecular complexity index is 1640. The lowest BCUT2D eigenvalue weighted by molar-refractivity contribution is -0.117. The summed E-state index contributed by atoms with van der Waals surface area (Å²) >= 11 is 1.27. The molecule has 1 aliphatic heterocycles. The Morgan fingerprint density at radius 2 is 1.85 bits per heavy atom. The SMILES string of the molecule is CCCCOc1ccc(C2C(C(=O)C=Cc3ccccc3)=C(O)C(=O)N2c2nc3ccc(OC)cc3s2)cc1OC. The van der Waals surface area contributed by atoms with Crippen LogP contribution in [0.3, 0.4) is 0 Å². The molecule has 1 aromatic heterocycles. The summed E-state index contributed by atoms with van der Waals surface area (Å²) in [6.45, 7) is 2.61. The van der Waals surface area contributed by atoms with Crippen LogP contribution in [0.4, 0.5) is 5.13 Å². The van der Waals surface area contributed by atoms with Crippen molar-refractivity contribution in [1.29, 1.82) is 0 Å². The molecule has 0 aliphatic carbocycles. The number of amides is 1. The smallest absolute Gasteiger partial charge is 0.296 e. The summed E-state index contributed by atoms with van der Waals surface area (Å²) in [5.41, 5.74) is 2.00. The van der Waals surface area contributed by atoms with Crippen molar-refractivity contribution in [3.05, 3.63) is 95.3 Å². The Balaban J connectivity index is 1.60. The Kier molecular flexibility index (Phi) is 8.35. The van der Waals surface area contributed by atoms with Crippen molar-refractivity contribution in [2.75, 3.05) is 25.7 Å². The number of hydrogen-bond donors (Lipinski definition) is 1. The number of aliphatic hydroxyl groups is 1. The molecule has 5 rings (SSSR count). The van der Waals surface area contributed by atoms with Crippen LogP contribution in [0, 0.1) is 0 Å². The van der Waals surface area contributed by atoms with Crippen LogP contribution in [0.1, 0.15) is 36.9 Å². The van der Waals surface area contributed by atoms with Gasteiger partial charge in [-0.05, 0) is 54.0 Å². The second kappa shape index (κ2) is 12.3. The summed E-state index contributed by atoms with van der Waals surface area (Å²) in [7, 11) is 3.11. The Labute approximate surface area is 242 Å². The quantitative estimate of drug-likeness (QED) is 0.159. The van der Waals surface area contributed by atoms with E-state index in [0.29, 0.717) is 40.1 Å². The number of rotatable bonds is 11. The van der Waals surface area contributed by atoms with E-state index < -0.39 is 23.5 Å². The largest absolute Gasteiger partial charge is 0.503 e. The van der Waals surface area contributed by atoms with Crippen LogP contribution in [0.2, 0.25) is 0 Å². The number of ether oxygens (including phenoxy) is 3. The first kappa shape index (κ1) is 27.9. The third kappa shape index (κ3) is 5.67. The molecule has 210 valence electrons. The number of benzene rings is 3. The minimum atomic E-state index is -0.948. The van der Waals surface area contributed by atoms with E-state index >= 15 is 0 Å². The first-order chi connectivity index (χ1) is 19.9. The number of carbonyl (C=O) groups is 2. The van der Waals surface area contributed by atoms with E-state index in [9.17, 15) is 14.7 Å². The number of methoxy groups -OCH3 is 2. The number of ketones is 1. The predicted octanol–water partition coefficient (Wildman–Crippen LogP) is 6.67. The monoisotopic (exact) mass is 570 g/mol. The van der Waals surface area contributed by atoms with E-state index in [1.54, 1.807) is 43.5 Å². The van der Waals surface area contributed by atoms with Gasteiger partial charge in [0, 0.05) is 0 Å². The van der Waals surface area contributed by atoms with Gasteiger partial charge in [0.1, 0.15) is 5.75 Å². The molecule has 1 N–H and O–H groups in total. The molecule has 0 bridgehead atoms. The first-order valence-electron chi connectivity index (χ1n) is 13.2. The minimum absolute atomic E-state index is 0.0410. The van der Waals surface area contributed by atoms with E-state index in [1.165, 1.54) is 29.4 Å². The lowest BCUT2D eigenvalue weighted by Gasteiger charge is -2.25. The average Bonchev–Trinajstić information content (AvgIpc) is 3.54. The number of carbonyl (C=O) groups excluding carboxylic acids is 2. The maximum Gasteiger partial charge on any atom is 0.296 e. The van der Waals surface area contributed by atoms with Gasteiger partial charge in [0.25, 0.3) is 5.91 Å². The van der Waals surface area contributed by atoms with Crippen LogP contribution in [0.15, 0.2) is 84.1 Å². The molecule has 0 radical (unpaired) electrons. The average molecular weight is 571 g/mol. The maximum atomic E-state index is 13.6. The van der Waals surface area contributed by atoms with Gasteiger partial charge in [-0.25, -0.2) is 4.98 Å². The van der Waals surface area contributed by atoms with Crippen LogP contribution < -0.4 is 19.1 Å². The van der Waals surface area contributed by atoms with Gasteiger partial charge < -0.3 is 19.3 Å². The molecule has 0 spiro atoms. The third-order valence-corrected chi connectivity index (χ3v) is 7.77. The Hall–Kier alpha value is -4.63. The molecular formula is C32H30N2O6S. The number of thiazole rings is 1. The van der Waals surface area contributed by atoms with Gasteiger partial charge in [0.2, 0.25) is 0 Å². The Morgan fingerprint density at radius 3 is 2.59 bits per heavy atom. The van der Waals surface area contributed by atoms with Gasteiger partial charge in [0.05, 0.1) is 42.7 Å². The second-order valence-corrected chi connectivity index (χ2v) is 10.4. The summed E-state index contributed by atoms with van der Waals surface area (Å²) in [4.78, 5) is 33.3. The van der Waals surface area contributed by atoms with E-state index in [4.69, 9.17) is 14.2 Å². The number of fused-ring (bicyclic) bond motifs is 1. The fraction of sp³-hybridized carbons (Fsp3) is 0.219. The molecule has 8 nitrogen and oxygen atoms in total. The number of anilines is 1. The third-order valence-electron chi connectivity index (χ3n) is 6.75. The van der Waals surface area contributed by atoms with Gasteiger partial charge >= 0.3 is 0 Å². The Morgan fingerprint density at radius 1 is 1.05 bits per heavy atom. The predicted molar refractivity (Wildman–Crippen MR) is 160 cm³/mol. The number of unbranched alkanes of at least 4 members (excludes halogenated alkanes) is 1. The van der Waals surface area contributed by atoms with Gasteiger partial charge in [0.15, 0.2) is 28.2 Å². The zero-order valence-electron chi connectivity index (χ0n) is 23.0. The van der Waals surface area contributed by atoms with Crippen molar-refractivity contribution >= 4 is 44.5 Å². The number of aliphatic hydroxyl groups excluding tert-OH is 1. The summed E-state index contributed by atoms with van der Waals surface area (Å²) in [6, 6.07) is 19.1. The van der Waals surface area contributed by atoms with Gasteiger partial charge in [-0.2, -0.15) is 0 Å². The number of hydrogen-bond acceptors (Lipinski definition) is 8. The lowest BCUT2D eigenvalue weighted by Crippen LogP contribution is -2.30. The molecule has 41 heavy (non-hydrogen) atoms. The molecule has 4 aromatic rings. The van der Waals surface area contributed by atoms with Crippen molar-refractivity contribution < 1.29 is 28.9 Å². The highest BCUT2D eigenvalue weighted by Gasteiger charge is 2.45. The van der Waals surface area contributed by atoms with E-state index in [0.717, 1.165) is 23.1 Å². The molecule has 2 heterocycles. The number of nitrogens with zero attached hydrogens (tertiary/aromatic N) is 2. The topological polar surface area (TPSA) is 98.2 Å². The summed E-state index contributed by atoms with van der Waals surface area (Å²) < 4.78 is 17.6. The molecule has 0 fully saturated rings. The highest BCUT2D eigenvalue weighted by molar-refractivity contribution is 7.22. The zero-order chi connectivity index (χ0) is 28.9. The molecular weight excluding hydrogens is 540 g/mol. The van der Waals surface area contributed by atoms with E-state index in [2.05, 4.69) is 11.9 Å². The lowest BCUT2D eigenvalue weighted by atomic mass is 9.95. The highest BCUT2D eigenvalue weighted by atomic mass is 32.1. The van der Waals surface area contributed by atoms with Crippen molar-refractivity contribution in [3.63, 3.8) is 0 Å². The molecule has 1 atom stereocenters. The summed E-state index contributed by atoms with van der Waals surface area (Å²) in [6.07, 6.45) is 4.90. The summed E-state index contributed by atoms with van der Waals surface area (Å²) in [5, 5.41) is 11.4. The number of allylic oxidation sites excluding steroid dienone is 1. The fourth-order valence-electron chi connectivity index (χ4n) is 4.62. The van der Waals surface area contributed by atoms with Crippen LogP contribution in [-0.4, -0.2) is 42.6 Å². The van der Waals surface area contributed by atoms with Gasteiger partial charge in [-0.1, -0.05) is 67.2 Å². The van der Waals surface area contributed by atoms with Crippen molar-refractivity contribution in [1.82, 2.24) is 4.98 Å². The van der Waals surface area contributed by atoms with Gasteiger partial charge in [-0.15, -0.1) is 0 Å². The van der Waals surface area contributed by atoms with Gasteiger partial charge in [-0.3, -0.25) is 14.5 Å². The highest BCUT2D eigenvalue weighted by Crippen LogP contribution is 2.45. The molecule has 1 aliphatic rings. The van der Waals surface area contributed by atoms with E-state index in [-0.39, 0.29) is 5.57 Å². The number of aromatic nitrogens is 1. The molecule has 0 saturated heterocycles. The molecule has 9 heteroatoms. The molecule has 1 unspecified atom stereocenters. The van der Waals surface area contributed by atoms with Crippen LogP contribution in [-0.2, 0) is 9.59 Å². The van der Waals surface area contributed by atoms with Crippen LogP contribution in [0.25, 0.3) is 16.3 Å².